The highest BCUT2D eigenvalue weighted by Crippen LogP contribution is 2.27. The number of benzene rings is 2. The van der Waals surface area contributed by atoms with Crippen molar-refractivity contribution in [2.45, 2.75) is 20.3 Å². The molecule has 1 fully saturated rings. The molecule has 8 heteroatoms. The van der Waals surface area contributed by atoms with Crippen molar-refractivity contribution in [2.75, 3.05) is 16.8 Å². The fourth-order valence-electron chi connectivity index (χ4n) is 3.31. The number of aromatic nitrogens is 2. The summed E-state index contributed by atoms with van der Waals surface area (Å²) in [5.74, 6) is -1.20. The molecule has 7 nitrogen and oxygen atoms in total. The predicted octanol–water partition coefficient (Wildman–Crippen LogP) is 3.48. The first-order chi connectivity index (χ1) is 13.9. The van der Waals surface area contributed by atoms with Crippen LogP contribution in [0.2, 0.25) is 0 Å². The van der Waals surface area contributed by atoms with Gasteiger partial charge in [-0.2, -0.15) is 0 Å². The standard InChI is InChI=1S/C21H19FN4O3/c1-12-3-4-13(2)17(9-12)20-24-25-21(29-20)23-19(28)14-10-18(27)26(11-14)16-7-5-15(22)6-8-16/h3-9,14H,10-11H2,1-2H3,(H,23,25,28)/t14-/m0/s1. The van der Waals surface area contributed by atoms with Gasteiger partial charge in [-0.25, -0.2) is 4.39 Å². The number of nitrogens with one attached hydrogen (secondary N) is 1. The summed E-state index contributed by atoms with van der Waals surface area (Å²) in [5.41, 5.74) is 3.39. The van der Waals surface area contributed by atoms with Crippen LogP contribution in [-0.2, 0) is 9.59 Å². The number of hydrogen-bond donors (Lipinski definition) is 1. The lowest BCUT2D eigenvalue weighted by Gasteiger charge is -2.16. The summed E-state index contributed by atoms with van der Waals surface area (Å²) in [5, 5.41) is 10.5. The molecular weight excluding hydrogens is 375 g/mol. The summed E-state index contributed by atoms with van der Waals surface area (Å²) in [6.45, 7) is 4.10. The average molecular weight is 394 g/mol. The number of halogens is 1. The van der Waals surface area contributed by atoms with Gasteiger partial charge in [-0.15, -0.1) is 5.10 Å². The third-order valence-electron chi connectivity index (χ3n) is 4.91. The van der Waals surface area contributed by atoms with Crippen molar-refractivity contribution in [3.63, 3.8) is 0 Å². The molecule has 1 atom stereocenters. The number of hydrogen-bond acceptors (Lipinski definition) is 5. The van der Waals surface area contributed by atoms with Crippen LogP contribution in [0.25, 0.3) is 11.5 Å². The lowest BCUT2D eigenvalue weighted by atomic mass is 10.1. The smallest absolute Gasteiger partial charge is 0.322 e. The summed E-state index contributed by atoms with van der Waals surface area (Å²) in [6.07, 6.45) is 0.0567. The van der Waals surface area contributed by atoms with E-state index < -0.39 is 5.92 Å². The minimum Gasteiger partial charge on any atom is -0.403 e. The molecule has 2 heterocycles. The van der Waals surface area contributed by atoms with Crippen molar-refractivity contribution in [1.29, 1.82) is 0 Å². The topological polar surface area (TPSA) is 88.3 Å². The predicted molar refractivity (Wildman–Crippen MR) is 105 cm³/mol. The van der Waals surface area contributed by atoms with E-state index in [-0.39, 0.29) is 36.6 Å². The van der Waals surface area contributed by atoms with Crippen LogP contribution >= 0.6 is 0 Å². The summed E-state index contributed by atoms with van der Waals surface area (Å²) < 4.78 is 18.7. The fraction of sp³-hybridized carbons (Fsp3) is 0.238. The number of rotatable bonds is 4. The van der Waals surface area contributed by atoms with Crippen molar-refractivity contribution < 1.29 is 18.4 Å². The van der Waals surface area contributed by atoms with E-state index in [2.05, 4.69) is 15.5 Å². The second kappa shape index (κ2) is 7.46. The molecule has 2 amide bonds. The number of carbonyl (C=O) groups is 2. The van der Waals surface area contributed by atoms with Gasteiger partial charge < -0.3 is 9.32 Å². The molecule has 0 aliphatic carbocycles. The molecule has 29 heavy (non-hydrogen) atoms. The molecule has 1 saturated heterocycles. The molecule has 0 bridgehead atoms. The maximum Gasteiger partial charge on any atom is 0.322 e. The highest BCUT2D eigenvalue weighted by atomic mass is 19.1. The molecule has 148 valence electrons. The van der Waals surface area contributed by atoms with Crippen molar-refractivity contribution in [2.24, 2.45) is 5.92 Å². The summed E-state index contributed by atoms with van der Waals surface area (Å²) in [7, 11) is 0. The van der Waals surface area contributed by atoms with E-state index in [4.69, 9.17) is 4.42 Å². The average Bonchev–Trinajstić information content (AvgIpc) is 3.31. The van der Waals surface area contributed by atoms with Gasteiger partial charge >= 0.3 is 6.01 Å². The maximum absolute atomic E-state index is 13.1. The van der Waals surface area contributed by atoms with Gasteiger partial charge in [0.05, 0.1) is 5.92 Å². The van der Waals surface area contributed by atoms with Crippen LogP contribution in [-0.4, -0.2) is 28.6 Å². The monoisotopic (exact) mass is 394 g/mol. The molecule has 0 radical (unpaired) electrons. The maximum atomic E-state index is 13.1. The molecule has 0 unspecified atom stereocenters. The second-order valence-electron chi connectivity index (χ2n) is 7.10. The lowest BCUT2D eigenvalue weighted by Crippen LogP contribution is -2.28. The minimum absolute atomic E-state index is 0.0152. The first kappa shape index (κ1) is 18.8. The van der Waals surface area contributed by atoms with E-state index >= 15 is 0 Å². The number of anilines is 2. The zero-order chi connectivity index (χ0) is 20.5. The van der Waals surface area contributed by atoms with Crippen LogP contribution in [0.5, 0.6) is 0 Å². The molecule has 1 aromatic heterocycles. The third-order valence-corrected chi connectivity index (χ3v) is 4.91. The molecule has 4 rings (SSSR count). The van der Waals surface area contributed by atoms with Crippen molar-refractivity contribution in [3.8, 4) is 11.5 Å². The largest absolute Gasteiger partial charge is 0.403 e. The highest BCUT2D eigenvalue weighted by Gasteiger charge is 2.35. The summed E-state index contributed by atoms with van der Waals surface area (Å²) >= 11 is 0. The Hall–Kier alpha value is -3.55. The zero-order valence-electron chi connectivity index (χ0n) is 16.0. The Bertz CT molecular complexity index is 1080. The molecule has 0 spiro atoms. The lowest BCUT2D eigenvalue weighted by molar-refractivity contribution is -0.122. The first-order valence-electron chi connectivity index (χ1n) is 9.18. The zero-order valence-corrected chi connectivity index (χ0v) is 16.0. The number of aryl methyl sites for hydroxylation is 2. The Labute approximate surface area is 166 Å². The molecule has 0 saturated carbocycles. The van der Waals surface area contributed by atoms with Crippen LogP contribution in [0, 0.1) is 25.6 Å². The Morgan fingerprint density at radius 1 is 1.17 bits per heavy atom. The molecule has 2 aromatic carbocycles. The van der Waals surface area contributed by atoms with Gasteiger partial charge in [0, 0.05) is 24.2 Å². The van der Waals surface area contributed by atoms with Gasteiger partial charge in [0.2, 0.25) is 17.7 Å². The van der Waals surface area contributed by atoms with Crippen LogP contribution in [0.1, 0.15) is 17.5 Å². The normalized spacial score (nSPS) is 16.3. The van der Waals surface area contributed by atoms with E-state index in [9.17, 15) is 14.0 Å². The van der Waals surface area contributed by atoms with E-state index in [1.54, 1.807) is 0 Å². The first-order valence-corrected chi connectivity index (χ1v) is 9.18. The Balaban J connectivity index is 1.45. The Morgan fingerprint density at radius 3 is 2.69 bits per heavy atom. The number of amides is 2. The molecule has 3 aromatic rings. The van der Waals surface area contributed by atoms with Gasteiger partial charge in [0.1, 0.15) is 5.82 Å². The SMILES string of the molecule is Cc1ccc(C)c(-c2nnc(NC(=O)[C@H]3CC(=O)N(c4ccc(F)cc4)C3)o2)c1. The van der Waals surface area contributed by atoms with Crippen molar-refractivity contribution >= 4 is 23.5 Å². The molecule has 1 aliphatic rings. The van der Waals surface area contributed by atoms with Crippen LogP contribution in [0.15, 0.2) is 46.9 Å². The van der Waals surface area contributed by atoms with Gasteiger partial charge in [-0.1, -0.05) is 22.8 Å². The molecule has 1 aliphatic heterocycles. The third kappa shape index (κ3) is 3.87. The van der Waals surface area contributed by atoms with Crippen LogP contribution < -0.4 is 10.2 Å². The molecule has 1 N–H and O–H groups in total. The fourth-order valence-corrected chi connectivity index (χ4v) is 3.31. The van der Waals surface area contributed by atoms with Gasteiger partial charge in [-0.3, -0.25) is 14.9 Å². The number of carbonyl (C=O) groups excluding carboxylic acids is 2. The summed E-state index contributed by atoms with van der Waals surface area (Å²) in [6, 6.07) is 11.5. The van der Waals surface area contributed by atoms with E-state index in [0.29, 0.717) is 11.6 Å². The van der Waals surface area contributed by atoms with Crippen molar-refractivity contribution in [3.05, 3.63) is 59.4 Å². The van der Waals surface area contributed by atoms with Gasteiger partial charge in [-0.05, 0) is 49.7 Å². The van der Waals surface area contributed by atoms with Crippen LogP contribution in [0.4, 0.5) is 16.1 Å². The van der Waals surface area contributed by atoms with Gasteiger partial charge in [0.15, 0.2) is 0 Å². The highest BCUT2D eigenvalue weighted by molar-refractivity contribution is 6.03. The summed E-state index contributed by atoms with van der Waals surface area (Å²) in [4.78, 5) is 26.3. The van der Waals surface area contributed by atoms with Gasteiger partial charge in [0.25, 0.3) is 0 Å². The quantitative estimate of drug-likeness (QED) is 0.732. The Morgan fingerprint density at radius 2 is 1.93 bits per heavy atom. The molecular formula is C21H19FN4O3. The number of nitrogens with zero attached hydrogens (tertiary/aromatic N) is 3. The van der Waals surface area contributed by atoms with Crippen LogP contribution in [0.3, 0.4) is 0 Å². The van der Waals surface area contributed by atoms with Crippen molar-refractivity contribution in [1.82, 2.24) is 10.2 Å². The van der Waals surface area contributed by atoms with E-state index in [1.807, 2.05) is 32.0 Å². The van der Waals surface area contributed by atoms with E-state index in [0.717, 1.165) is 16.7 Å². The second-order valence-corrected chi connectivity index (χ2v) is 7.10. The Kier molecular flexibility index (Phi) is 4.84. The minimum atomic E-state index is -0.566. The van der Waals surface area contributed by atoms with E-state index in [1.165, 1.54) is 29.2 Å².